The lowest BCUT2D eigenvalue weighted by molar-refractivity contribution is -0.214. The van der Waals surface area contributed by atoms with E-state index < -0.39 is 23.8 Å². The third-order valence-corrected chi connectivity index (χ3v) is 2.04. The second kappa shape index (κ2) is 3.41. The minimum atomic E-state index is -2.33. The summed E-state index contributed by atoms with van der Waals surface area (Å²) < 4.78 is 4.59. The molecule has 1 aliphatic heterocycles. The molecule has 6 heteroatoms. The fraction of sp³-hybridized carbons (Fsp3) is 0.714. The number of carbonyl (C=O) groups excluding carboxylic acids is 1. The summed E-state index contributed by atoms with van der Waals surface area (Å²) in [4.78, 5) is 20.8. The number of ether oxygens (including phenoxy) is 1. The summed E-state index contributed by atoms with van der Waals surface area (Å²) in [5.41, 5.74) is 0. The van der Waals surface area contributed by atoms with Crippen LogP contribution < -0.4 is 0 Å². The Hall–Kier alpha value is -0.980. The fourth-order valence-electron chi connectivity index (χ4n) is 1.29. The van der Waals surface area contributed by atoms with Crippen LogP contribution in [0.15, 0.2) is 0 Å². The molecule has 0 saturated carbocycles. The maximum absolute atomic E-state index is 10.5. The molecule has 0 aromatic rings. The summed E-state index contributed by atoms with van der Waals surface area (Å²) in [5, 5.41) is 26.5. The van der Waals surface area contributed by atoms with Gasteiger partial charge in [-0.25, -0.2) is 4.79 Å². The molecule has 1 saturated heterocycles. The molecule has 0 spiro atoms. The molecule has 74 valence electrons. The normalized spacial score (nSPS) is 38.9. The van der Waals surface area contributed by atoms with E-state index in [4.69, 9.17) is 10.2 Å². The topological polar surface area (TPSA) is 104 Å². The minimum Gasteiger partial charge on any atom is -0.477 e. The lowest BCUT2D eigenvalue weighted by Gasteiger charge is -2.15. The van der Waals surface area contributed by atoms with Gasteiger partial charge in [-0.15, -0.1) is 0 Å². The summed E-state index contributed by atoms with van der Waals surface area (Å²) in [7, 11) is 0. The van der Waals surface area contributed by atoms with Crippen molar-refractivity contribution in [1.82, 2.24) is 0 Å². The number of carboxylic acids is 1. The summed E-state index contributed by atoms with van der Waals surface area (Å²) >= 11 is 0. The summed E-state index contributed by atoms with van der Waals surface area (Å²) in [6.07, 6.45) is -0.949. The minimum absolute atomic E-state index is 0.276. The molecule has 1 rings (SSSR count). The van der Waals surface area contributed by atoms with Gasteiger partial charge in [-0.3, -0.25) is 0 Å². The van der Waals surface area contributed by atoms with Gasteiger partial charge in [0.15, 0.2) is 0 Å². The monoisotopic (exact) mass is 190 g/mol. The van der Waals surface area contributed by atoms with Gasteiger partial charge >= 0.3 is 5.97 Å². The van der Waals surface area contributed by atoms with Gasteiger partial charge in [-0.2, -0.15) is 0 Å². The predicted molar refractivity (Wildman–Crippen MR) is 38.7 cm³/mol. The number of aliphatic carboxylic acids is 1. The zero-order valence-electron chi connectivity index (χ0n) is 6.71. The number of aliphatic hydroxyl groups excluding tert-OH is 1. The zero-order chi connectivity index (χ0) is 10.1. The highest BCUT2D eigenvalue weighted by molar-refractivity contribution is 5.76. The molecule has 13 heavy (non-hydrogen) atoms. The van der Waals surface area contributed by atoms with E-state index in [0.29, 0.717) is 6.29 Å². The van der Waals surface area contributed by atoms with Gasteiger partial charge in [0, 0.05) is 18.9 Å². The standard InChI is InChI=1S/C7H10O6/c8-2-4-1-7(12,6(10)11)13-5(4)3-9/h3-5,8,12H,1-2H2,(H,10,11). The van der Waals surface area contributed by atoms with Crippen molar-refractivity contribution in [3.8, 4) is 0 Å². The third-order valence-electron chi connectivity index (χ3n) is 2.04. The number of aldehydes is 1. The molecule has 3 atom stereocenters. The molecule has 1 fully saturated rings. The SMILES string of the molecule is O=CC1OC(O)(C(=O)O)CC1CO. The van der Waals surface area contributed by atoms with Crippen LogP contribution >= 0.6 is 0 Å². The molecular weight excluding hydrogens is 180 g/mol. The van der Waals surface area contributed by atoms with E-state index in [2.05, 4.69) is 4.74 Å². The number of carbonyl (C=O) groups is 2. The quantitative estimate of drug-likeness (QED) is 0.461. The van der Waals surface area contributed by atoms with Gasteiger partial charge in [0.2, 0.25) is 0 Å². The lowest BCUT2D eigenvalue weighted by Crippen LogP contribution is -2.38. The van der Waals surface area contributed by atoms with Crippen LogP contribution in [0.2, 0.25) is 0 Å². The Morgan fingerprint density at radius 1 is 1.69 bits per heavy atom. The Morgan fingerprint density at radius 2 is 2.31 bits per heavy atom. The number of rotatable bonds is 3. The number of carboxylic acid groups (broad SMARTS) is 1. The van der Waals surface area contributed by atoms with Crippen molar-refractivity contribution in [1.29, 1.82) is 0 Å². The third kappa shape index (κ3) is 1.69. The molecule has 6 nitrogen and oxygen atoms in total. The second-order valence-corrected chi connectivity index (χ2v) is 2.95. The van der Waals surface area contributed by atoms with Crippen molar-refractivity contribution in [3.63, 3.8) is 0 Å². The maximum Gasteiger partial charge on any atom is 0.364 e. The van der Waals surface area contributed by atoms with E-state index in [1.54, 1.807) is 0 Å². The van der Waals surface area contributed by atoms with Crippen LogP contribution in [-0.4, -0.2) is 46.1 Å². The van der Waals surface area contributed by atoms with Crippen LogP contribution in [0.1, 0.15) is 6.42 Å². The maximum atomic E-state index is 10.5. The Morgan fingerprint density at radius 3 is 2.62 bits per heavy atom. The molecule has 0 aliphatic carbocycles. The summed E-state index contributed by atoms with van der Waals surface area (Å²) in [5.74, 6) is -4.53. The first-order valence-electron chi connectivity index (χ1n) is 3.73. The van der Waals surface area contributed by atoms with Crippen LogP contribution in [0.4, 0.5) is 0 Å². The first-order valence-corrected chi connectivity index (χ1v) is 3.73. The molecule has 3 unspecified atom stereocenters. The summed E-state index contributed by atoms with van der Waals surface area (Å²) in [6, 6.07) is 0. The van der Waals surface area contributed by atoms with E-state index in [0.717, 1.165) is 0 Å². The van der Waals surface area contributed by atoms with Crippen molar-refractivity contribution in [3.05, 3.63) is 0 Å². The number of aliphatic hydroxyl groups is 2. The number of hydrogen-bond acceptors (Lipinski definition) is 5. The van der Waals surface area contributed by atoms with E-state index in [9.17, 15) is 14.7 Å². The highest BCUT2D eigenvalue weighted by Crippen LogP contribution is 2.32. The van der Waals surface area contributed by atoms with Crippen LogP contribution in [0.3, 0.4) is 0 Å². The van der Waals surface area contributed by atoms with Crippen molar-refractivity contribution >= 4 is 12.3 Å². The van der Waals surface area contributed by atoms with Crippen molar-refractivity contribution in [2.75, 3.05) is 6.61 Å². The van der Waals surface area contributed by atoms with Gasteiger partial charge < -0.3 is 24.9 Å². The van der Waals surface area contributed by atoms with Gasteiger partial charge in [0.1, 0.15) is 12.4 Å². The van der Waals surface area contributed by atoms with E-state index in [-0.39, 0.29) is 13.0 Å². The zero-order valence-corrected chi connectivity index (χ0v) is 6.71. The van der Waals surface area contributed by atoms with Crippen LogP contribution in [0.25, 0.3) is 0 Å². The van der Waals surface area contributed by atoms with E-state index in [1.807, 2.05) is 0 Å². The first-order chi connectivity index (χ1) is 6.03. The smallest absolute Gasteiger partial charge is 0.364 e. The molecule has 1 aliphatic rings. The highest BCUT2D eigenvalue weighted by atomic mass is 16.7. The average molecular weight is 190 g/mol. The lowest BCUT2D eigenvalue weighted by atomic mass is 10.00. The Kier molecular flexibility index (Phi) is 2.65. The van der Waals surface area contributed by atoms with E-state index in [1.165, 1.54) is 0 Å². The first kappa shape index (κ1) is 10.1. The molecule has 0 bridgehead atoms. The van der Waals surface area contributed by atoms with Crippen molar-refractivity contribution in [2.45, 2.75) is 18.3 Å². The molecular formula is C7H10O6. The predicted octanol–water partition coefficient (Wildman–Crippen LogP) is -1.64. The largest absolute Gasteiger partial charge is 0.477 e. The van der Waals surface area contributed by atoms with Gasteiger partial charge in [-0.1, -0.05) is 0 Å². The molecule has 1 heterocycles. The van der Waals surface area contributed by atoms with E-state index >= 15 is 0 Å². The fourth-order valence-corrected chi connectivity index (χ4v) is 1.29. The van der Waals surface area contributed by atoms with Crippen molar-refractivity contribution in [2.24, 2.45) is 5.92 Å². The average Bonchev–Trinajstić information content (AvgIpc) is 2.43. The highest BCUT2D eigenvalue weighted by Gasteiger charge is 2.50. The van der Waals surface area contributed by atoms with Crippen molar-refractivity contribution < 1.29 is 29.6 Å². The van der Waals surface area contributed by atoms with Crippen LogP contribution in [-0.2, 0) is 14.3 Å². The Bertz CT molecular complexity index is 227. The summed E-state index contributed by atoms with van der Waals surface area (Å²) in [6.45, 7) is -0.390. The molecule has 3 N–H and O–H groups in total. The van der Waals surface area contributed by atoms with Crippen LogP contribution in [0, 0.1) is 5.92 Å². The van der Waals surface area contributed by atoms with Gasteiger partial charge in [0.05, 0.1) is 0 Å². The molecule has 0 radical (unpaired) electrons. The Labute approximate surface area is 73.7 Å². The van der Waals surface area contributed by atoms with Gasteiger partial charge in [0.25, 0.3) is 5.79 Å². The Balaban J connectivity index is 2.78. The second-order valence-electron chi connectivity index (χ2n) is 2.95. The van der Waals surface area contributed by atoms with Crippen LogP contribution in [0.5, 0.6) is 0 Å². The molecule has 0 amide bonds. The number of hydrogen-bond donors (Lipinski definition) is 3. The molecule has 0 aromatic heterocycles. The van der Waals surface area contributed by atoms with Gasteiger partial charge in [-0.05, 0) is 0 Å². The molecule has 0 aromatic carbocycles.